The zero-order valence-corrected chi connectivity index (χ0v) is 16.8. The second-order valence-electron chi connectivity index (χ2n) is 7.46. The van der Waals surface area contributed by atoms with Gasteiger partial charge in [0.2, 0.25) is 5.91 Å². The van der Waals surface area contributed by atoms with E-state index in [-0.39, 0.29) is 17.9 Å². The molecule has 2 aliphatic heterocycles. The van der Waals surface area contributed by atoms with E-state index in [0.717, 1.165) is 48.7 Å². The monoisotopic (exact) mass is 403 g/mol. The lowest BCUT2D eigenvalue weighted by atomic mass is 9.84. The third kappa shape index (κ3) is 3.99. The summed E-state index contributed by atoms with van der Waals surface area (Å²) in [6.07, 6.45) is 1.95. The van der Waals surface area contributed by atoms with Crippen LogP contribution in [0.5, 0.6) is 0 Å². The molecule has 2 aliphatic rings. The highest BCUT2D eigenvalue weighted by Gasteiger charge is 2.27. The quantitative estimate of drug-likeness (QED) is 0.804. The Kier molecular flexibility index (Phi) is 5.42. The van der Waals surface area contributed by atoms with Gasteiger partial charge in [-0.25, -0.2) is 0 Å². The number of fused-ring (bicyclic) bond motifs is 1. The molecule has 1 fully saturated rings. The lowest BCUT2D eigenvalue weighted by Crippen LogP contribution is -2.35. The van der Waals surface area contributed by atoms with Crippen LogP contribution in [0.1, 0.15) is 35.4 Å². The predicted molar refractivity (Wildman–Crippen MR) is 111 cm³/mol. The Morgan fingerprint density at radius 3 is 2.70 bits per heavy atom. The Morgan fingerprint density at radius 1 is 1.22 bits per heavy atom. The molecular formula is C21H23Cl2N3O. The van der Waals surface area contributed by atoms with Crippen molar-refractivity contribution in [2.75, 3.05) is 25.5 Å². The number of carbonyl (C=O) groups is 1. The van der Waals surface area contributed by atoms with Crippen molar-refractivity contribution in [1.29, 1.82) is 0 Å². The first-order chi connectivity index (χ1) is 13.0. The molecule has 0 bridgehead atoms. The molecule has 2 unspecified atom stereocenters. The van der Waals surface area contributed by atoms with Gasteiger partial charge < -0.3 is 15.5 Å². The van der Waals surface area contributed by atoms with Gasteiger partial charge in [0.15, 0.2) is 0 Å². The third-order valence-electron chi connectivity index (χ3n) is 5.45. The van der Waals surface area contributed by atoms with Crippen LogP contribution in [-0.2, 0) is 11.3 Å². The van der Waals surface area contributed by atoms with Crippen LogP contribution in [0.2, 0.25) is 10.0 Å². The number of nitrogens with one attached hydrogen (secondary N) is 2. The molecule has 2 aromatic rings. The minimum absolute atomic E-state index is 0.0431. The molecule has 2 atom stereocenters. The maximum atomic E-state index is 12.3. The summed E-state index contributed by atoms with van der Waals surface area (Å²) in [4.78, 5) is 14.5. The molecule has 2 aromatic carbocycles. The minimum Gasteiger partial charge on any atom is -0.325 e. The van der Waals surface area contributed by atoms with Gasteiger partial charge in [-0.15, -0.1) is 0 Å². The first-order valence-electron chi connectivity index (χ1n) is 9.32. The molecule has 4 rings (SSSR count). The van der Waals surface area contributed by atoms with E-state index in [9.17, 15) is 4.79 Å². The van der Waals surface area contributed by atoms with E-state index in [4.69, 9.17) is 23.2 Å². The van der Waals surface area contributed by atoms with E-state index < -0.39 is 0 Å². The summed E-state index contributed by atoms with van der Waals surface area (Å²) < 4.78 is 0. The van der Waals surface area contributed by atoms with E-state index >= 15 is 0 Å². The molecule has 1 saturated heterocycles. The molecule has 0 aromatic heterocycles. The van der Waals surface area contributed by atoms with E-state index in [1.54, 1.807) is 0 Å². The SMILES string of the molecule is CN1Cc2c(Cl)cc(Cl)cc2C(c2ccc(NC(=O)C3CCCN3)cc2)C1. The number of rotatable bonds is 3. The summed E-state index contributed by atoms with van der Waals surface area (Å²) in [5, 5.41) is 7.62. The molecule has 0 aliphatic carbocycles. The Hall–Kier alpha value is -1.59. The van der Waals surface area contributed by atoms with E-state index in [1.807, 2.05) is 24.3 Å². The maximum Gasteiger partial charge on any atom is 0.241 e. The van der Waals surface area contributed by atoms with Crippen LogP contribution in [0, 0.1) is 0 Å². The van der Waals surface area contributed by atoms with E-state index in [2.05, 4.69) is 34.7 Å². The largest absolute Gasteiger partial charge is 0.325 e. The molecule has 0 saturated carbocycles. The van der Waals surface area contributed by atoms with Gasteiger partial charge in [-0.3, -0.25) is 4.79 Å². The molecular weight excluding hydrogens is 381 g/mol. The van der Waals surface area contributed by atoms with Gasteiger partial charge in [0.05, 0.1) is 6.04 Å². The number of benzene rings is 2. The normalized spacial score (nSPS) is 22.5. The second-order valence-corrected chi connectivity index (χ2v) is 8.31. The van der Waals surface area contributed by atoms with Crippen molar-refractivity contribution < 1.29 is 4.79 Å². The standard InChI is InChI=1S/C21H23Cl2N3O/c1-26-11-17(16-9-14(22)10-19(23)18(16)12-26)13-4-6-15(7-5-13)25-21(27)20-3-2-8-24-20/h4-7,9-10,17,20,24H,2-3,8,11-12H2,1H3,(H,25,27). The van der Waals surface area contributed by atoms with Crippen LogP contribution in [-0.4, -0.2) is 37.0 Å². The molecule has 1 amide bonds. The first-order valence-corrected chi connectivity index (χ1v) is 10.1. The van der Waals surface area contributed by atoms with Gasteiger partial charge >= 0.3 is 0 Å². The topological polar surface area (TPSA) is 44.4 Å². The average molecular weight is 404 g/mol. The number of hydrogen-bond donors (Lipinski definition) is 2. The molecule has 0 spiro atoms. The summed E-state index contributed by atoms with van der Waals surface area (Å²) in [6, 6.07) is 11.9. The lowest BCUT2D eigenvalue weighted by molar-refractivity contribution is -0.117. The number of anilines is 1. The fourth-order valence-corrected chi connectivity index (χ4v) is 4.64. The number of halogens is 2. The smallest absolute Gasteiger partial charge is 0.241 e. The number of nitrogens with zero attached hydrogens (tertiary/aromatic N) is 1. The molecule has 142 valence electrons. The van der Waals surface area contributed by atoms with Gasteiger partial charge in [-0.05, 0) is 67.4 Å². The van der Waals surface area contributed by atoms with Gasteiger partial charge in [-0.2, -0.15) is 0 Å². The molecule has 6 heteroatoms. The Bertz CT molecular complexity index is 847. The second kappa shape index (κ2) is 7.80. The average Bonchev–Trinajstić information content (AvgIpc) is 3.17. The van der Waals surface area contributed by atoms with Gasteiger partial charge in [0, 0.05) is 34.7 Å². The number of hydrogen-bond acceptors (Lipinski definition) is 3. The molecule has 4 nitrogen and oxygen atoms in total. The summed E-state index contributed by atoms with van der Waals surface area (Å²) in [5.74, 6) is 0.248. The van der Waals surface area contributed by atoms with Crippen LogP contribution in [0.15, 0.2) is 36.4 Å². The zero-order valence-electron chi connectivity index (χ0n) is 15.3. The van der Waals surface area contributed by atoms with Crippen LogP contribution in [0.3, 0.4) is 0 Å². The third-order valence-corrected chi connectivity index (χ3v) is 6.01. The van der Waals surface area contributed by atoms with Crippen molar-refractivity contribution in [1.82, 2.24) is 10.2 Å². The fraction of sp³-hybridized carbons (Fsp3) is 0.381. The fourth-order valence-electron chi connectivity index (χ4n) is 4.07. The Morgan fingerprint density at radius 2 is 2.00 bits per heavy atom. The summed E-state index contributed by atoms with van der Waals surface area (Å²) >= 11 is 12.7. The van der Waals surface area contributed by atoms with Crippen molar-refractivity contribution in [3.63, 3.8) is 0 Å². The van der Waals surface area contributed by atoms with E-state index in [0.29, 0.717) is 5.02 Å². The summed E-state index contributed by atoms with van der Waals surface area (Å²) in [6.45, 7) is 2.64. The van der Waals surface area contributed by atoms with E-state index in [1.165, 1.54) is 11.1 Å². The van der Waals surface area contributed by atoms with Crippen molar-refractivity contribution in [2.24, 2.45) is 0 Å². The highest BCUT2D eigenvalue weighted by atomic mass is 35.5. The number of amides is 1. The highest BCUT2D eigenvalue weighted by Crippen LogP contribution is 2.38. The van der Waals surface area contributed by atoms with Crippen LogP contribution >= 0.6 is 23.2 Å². The van der Waals surface area contributed by atoms with Crippen molar-refractivity contribution in [2.45, 2.75) is 31.3 Å². The summed E-state index contributed by atoms with van der Waals surface area (Å²) in [5.41, 5.74) is 4.35. The van der Waals surface area contributed by atoms with Crippen LogP contribution < -0.4 is 10.6 Å². The number of carbonyl (C=O) groups excluding carboxylic acids is 1. The zero-order chi connectivity index (χ0) is 19.0. The molecule has 2 N–H and O–H groups in total. The highest BCUT2D eigenvalue weighted by molar-refractivity contribution is 6.35. The van der Waals surface area contributed by atoms with Gasteiger partial charge in [0.1, 0.15) is 0 Å². The summed E-state index contributed by atoms with van der Waals surface area (Å²) in [7, 11) is 2.10. The molecule has 2 heterocycles. The van der Waals surface area contributed by atoms with Crippen LogP contribution in [0.4, 0.5) is 5.69 Å². The van der Waals surface area contributed by atoms with Gasteiger partial charge in [0.25, 0.3) is 0 Å². The Balaban J connectivity index is 1.56. The minimum atomic E-state index is -0.0761. The van der Waals surface area contributed by atoms with Gasteiger partial charge in [-0.1, -0.05) is 35.3 Å². The first kappa shape index (κ1) is 18.8. The van der Waals surface area contributed by atoms with Crippen molar-refractivity contribution in [3.05, 3.63) is 63.1 Å². The van der Waals surface area contributed by atoms with Crippen molar-refractivity contribution in [3.8, 4) is 0 Å². The van der Waals surface area contributed by atoms with Crippen LogP contribution in [0.25, 0.3) is 0 Å². The molecule has 0 radical (unpaired) electrons. The lowest BCUT2D eigenvalue weighted by Gasteiger charge is -2.33. The van der Waals surface area contributed by atoms with Crippen molar-refractivity contribution >= 4 is 34.8 Å². The Labute approximate surface area is 169 Å². The number of likely N-dealkylation sites (N-methyl/N-ethyl adjacent to an activating group) is 1. The maximum absolute atomic E-state index is 12.3. The predicted octanol–water partition coefficient (Wildman–Crippen LogP) is 4.26. The molecule has 27 heavy (non-hydrogen) atoms.